The average Bonchev–Trinajstić information content (AvgIpc) is 2.51. The van der Waals surface area contributed by atoms with E-state index in [1.165, 1.54) is 18.9 Å². The van der Waals surface area contributed by atoms with E-state index >= 15 is 0 Å². The quantitative estimate of drug-likeness (QED) is 0.507. The van der Waals surface area contributed by atoms with E-state index in [2.05, 4.69) is 6.92 Å². The summed E-state index contributed by atoms with van der Waals surface area (Å²) < 4.78 is 5.13. The Kier molecular flexibility index (Phi) is 1.95. The fourth-order valence-corrected chi connectivity index (χ4v) is 0.409. The summed E-state index contributed by atoms with van der Waals surface area (Å²) in [5.74, 6) is 0. The molecule has 0 heterocycles. The molecule has 0 saturated heterocycles. The zero-order valence-electron chi connectivity index (χ0n) is 5.18. The van der Waals surface area contributed by atoms with Crippen molar-refractivity contribution < 1.29 is 4.74 Å². The molecule has 0 unspecified atom stereocenters. The van der Waals surface area contributed by atoms with Crippen LogP contribution >= 0.6 is 0 Å². The Hall–Kier alpha value is -0.460. The van der Waals surface area contributed by atoms with Gasteiger partial charge in [0.05, 0.1) is 6.26 Å². The van der Waals surface area contributed by atoms with Crippen molar-refractivity contribution in [3.8, 4) is 0 Å². The summed E-state index contributed by atoms with van der Waals surface area (Å²) in [6, 6.07) is 0. The zero-order valence-corrected chi connectivity index (χ0v) is 5.18. The number of rotatable bonds is 3. The van der Waals surface area contributed by atoms with Gasteiger partial charge < -0.3 is 4.74 Å². The topological polar surface area (TPSA) is 9.23 Å². The SMILES string of the molecule is CCC=CO[C]1CC1. The lowest BCUT2D eigenvalue weighted by atomic mass is 10.5. The predicted octanol–water partition coefficient (Wildman–Crippen LogP) is 2.25. The Balaban J connectivity index is 1.93. The zero-order chi connectivity index (χ0) is 5.82. The molecule has 0 atom stereocenters. The van der Waals surface area contributed by atoms with E-state index in [0.29, 0.717) is 0 Å². The first kappa shape index (κ1) is 5.67. The van der Waals surface area contributed by atoms with Crippen LogP contribution in [0.5, 0.6) is 0 Å². The molecule has 1 aliphatic carbocycles. The van der Waals surface area contributed by atoms with Gasteiger partial charge >= 0.3 is 0 Å². The molecule has 0 bridgehead atoms. The molecule has 0 aromatic rings. The summed E-state index contributed by atoms with van der Waals surface area (Å²) >= 11 is 0. The smallest absolute Gasteiger partial charge is 0.148 e. The summed E-state index contributed by atoms with van der Waals surface area (Å²) in [6.07, 6.45) is 8.44. The van der Waals surface area contributed by atoms with Crippen molar-refractivity contribution in [3.05, 3.63) is 18.4 Å². The Bertz CT molecular complexity index is 82.4. The Morgan fingerprint density at radius 1 is 1.62 bits per heavy atom. The second kappa shape index (κ2) is 2.75. The molecule has 1 aliphatic rings. The third kappa shape index (κ3) is 2.01. The van der Waals surface area contributed by atoms with Crippen molar-refractivity contribution in [2.45, 2.75) is 26.2 Å². The summed E-state index contributed by atoms with van der Waals surface area (Å²) in [7, 11) is 0. The summed E-state index contributed by atoms with van der Waals surface area (Å²) in [5, 5.41) is 0. The van der Waals surface area contributed by atoms with Crippen LogP contribution in [0.2, 0.25) is 0 Å². The minimum atomic E-state index is 1.06. The van der Waals surface area contributed by atoms with Crippen molar-refractivity contribution in [3.63, 3.8) is 0 Å². The van der Waals surface area contributed by atoms with Crippen LogP contribution in [0, 0.1) is 6.10 Å². The van der Waals surface area contributed by atoms with Gasteiger partial charge in [0.25, 0.3) is 0 Å². The third-order valence-corrected chi connectivity index (χ3v) is 1.02. The molecule has 1 fully saturated rings. The first-order valence-corrected chi connectivity index (χ1v) is 3.10. The normalized spacial score (nSPS) is 19.6. The van der Waals surface area contributed by atoms with Gasteiger partial charge in [-0.2, -0.15) is 0 Å². The molecule has 45 valence electrons. The summed E-state index contributed by atoms with van der Waals surface area (Å²) in [4.78, 5) is 0. The van der Waals surface area contributed by atoms with E-state index in [9.17, 15) is 0 Å². The fraction of sp³-hybridized carbons (Fsp3) is 0.571. The van der Waals surface area contributed by atoms with E-state index in [0.717, 1.165) is 6.42 Å². The van der Waals surface area contributed by atoms with Gasteiger partial charge in [-0.1, -0.05) is 13.0 Å². The van der Waals surface area contributed by atoms with Gasteiger partial charge in [-0.25, -0.2) is 0 Å². The van der Waals surface area contributed by atoms with Crippen molar-refractivity contribution in [2.24, 2.45) is 0 Å². The third-order valence-electron chi connectivity index (χ3n) is 1.02. The van der Waals surface area contributed by atoms with Crippen molar-refractivity contribution in [2.75, 3.05) is 0 Å². The number of hydrogen-bond acceptors (Lipinski definition) is 1. The minimum absolute atomic E-state index is 1.06. The van der Waals surface area contributed by atoms with Gasteiger partial charge in [0.1, 0.15) is 6.10 Å². The first-order valence-electron chi connectivity index (χ1n) is 3.10. The van der Waals surface area contributed by atoms with Crippen molar-refractivity contribution in [1.29, 1.82) is 0 Å². The molecular weight excluding hydrogens is 100 g/mol. The van der Waals surface area contributed by atoms with Crippen molar-refractivity contribution in [1.82, 2.24) is 0 Å². The second-order valence-electron chi connectivity index (χ2n) is 1.94. The lowest BCUT2D eigenvalue weighted by Gasteiger charge is -1.89. The summed E-state index contributed by atoms with van der Waals surface area (Å²) in [5.41, 5.74) is 0. The molecule has 8 heavy (non-hydrogen) atoms. The van der Waals surface area contributed by atoms with E-state index in [-0.39, 0.29) is 0 Å². The molecule has 0 amide bonds. The first-order chi connectivity index (χ1) is 3.93. The molecule has 0 N–H and O–H groups in total. The molecule has 1 radical (unpaired) electrons. The number of allylic oxidation sites excluding steroid dienone is 1. The summed E-state index contributed by atoms with van der Waals surface area (Å²) in [6.45, 7) is 2.09. The predicted molar refractivity (Wildman–Crippen MR) is 33.0 cm³/mol. The minimum Gasteiger partial charge on any atom is -0.491 e. The highest BCUT2D eigenvalue weighted by Crippen LogP contribution is 2.32. The van der Waals surface area contributed by atoms with E-state index in [4.69, 9.17) is 4.74 Å². The van der Waals surface area contributed by atoms with E-state index in [1.807, 2.05) is 6.08 Å². The number of ether oxygens (including phenoxy) is 1. The molecule has 1 saturated carbocycles. The van der Waals surface area contributed by atoms with E-state index in [1.54, 1.807) is 6.26 Å². The molecule has 0 aliphatic heterocycles. The standard InChI is InChI=1S/C7H11O/c1-2-3-6-8-7-4-5-7/h3,6H,2,4-5H2,1H3. The second-order valence-corrected chi connectivity index (χ2v) is 1.94. The van der Waals surface area contributed by atoms with Gasteiger partial charge in [-0.15, -0.1) is 0 Å². The highest BCUT2D eigenvalue weighted by Gasteiger charge is 2.23. The van der Waals surface area contributed by atoms with Crippen molar-refractivity contribution >= 4 is 0 Å². The van der Waals surface area contributed by atoms with Gasteiger partial charge in [0, 0.05) is 0 Å². The van der Waals surface area contributed by atoms with Crippen LogP contribution in [0.15, 0.2) is 12.3 Å². The van der Waals surface area contributed by atoms with Crippen LogP contribution in [0.3, 0.4) is 0 Å². The molecule has 0 aromatic heterocycles. The maximum absolute atomic E-state index is 5.13. The van der Waals surface area contributed by atoms with Crippen LogP contribution in [-0.2, 0) is 4.74 Å². The van der Waals surface area contributed by atoms with Gasteiger partial charge in [0.2, 0.25) is 0 Å². The Morgan fingerprint density at radius 3 is 2.88 bits per heavy atom. The molecule has 0 spiro atoms. The molecule has 0 aromatic carbocycles. The molecule has 1 heteroatoms. The Labute approximate surface area is 50.3 Å². The van der Waals surface area contributed by atoms with Crippen LogP contribution < -0.4 is 0 Å². The van der Waals surface area contributed by atoms with Crippen LogP contribution in [0.4, 0.5) is 0 Å². The maximum Gasteiger partial charge on any atom is 0.148 e. The Morgan fingerprint density at radius 2 is 2.38 bits per heavy atom. The lowest BCUT2D eigenvalue weighted by molar-refractivity contribution is 0.318. The van der Waals surface area contributed by atoms with Gasteiger partial charge in [-0.3, -0.25) is 0 Å². The average molecular weight is 111 g/mol. The fourth-order valence-electron chi connectivity index (χ4n) is 0.409. The van der Waals surface area contributed by atoms with Crippen LogP contribution in [0.25, 0.3) is 0 Å². The highest BCUT2D eigenvalue weighted by atomic mass is 16.5. The highest BCUT2D eigenvalue weighted by molar-refractivity contribution is 4.97. The largest absolute Gasteiger partial charge is 0.491 e. The van der Waals surface area contributed by atoms with Crippen LogP contribution in [-0.4, -0.2) is 0 Å². The molecule has 1 nitrogen and oxygen atoms in total. The lowest BCUT2D eigenvalue weighted by Crippen LogP contribution is -1.70. The number of hydrogen-bond donors (Lipinski definition) is 0. The van der Waals surface area contributed by atoms with Gasteiger partial charge in [-0.05, 0) is 19.3 Å². The van der Waals surface area contributed by atoms with Gasteiger partial charge in [0.15, 0.2) is 0 Å². The maximum atomic E-state index is 5.13. The van der Waals surface area contributed by atoms with Crippen LogP contribution in [0.1, 0.15) is 26.2 Å². The molecule has 1 rings (SSSR count). The molecular formula is C7H11O. The van der Waals surface area contributed by atoms with E-state index < -0.39 is 0 Å². The monoisotopic (exact) mass is 111 g/mol.